The van der Waals surface area contributed by atoms with E-state index in [1.807, 2.05) is 12.1 Å². The van der Waals surface area contributed by atoms with Crippen LogP contribution in [0.5, 0.6) is 0 Å². The second-order valence-corrected chi connectivity index (χ2v) is 4.45. The average Bonchev–Trinajstić information content (AvgIpc) is 2.46. The van der Waals surface area contributed by atoms with Crippen LogP contribution < -0.4 is 5.14 Å². The van der Waals surface area contributed by atoms with Gasteiger partial charge in [-0.05, 0) is 11.1 Å². The van der Waals surface area contributed by atoms with E-state index < -0.39 is 11.4 Å². The fourth-order valence-corrected chi connectivity index (χ4v) is 2.37. The predicted octanol–water partition coefficient (Wildman–Crippen LogP) is 0.776. The Balaban J connectivity index is 2.22. The van der Waals surface area contributed by atoms with Crippen molar-refractivity contribution in [3.05, 3.63) is 35.4 Å². The zero-order chi connectivity index (χ0) is 8.55. The van der Waals surface area contributed by atoms with Crippen molar-refractivity contribution in [2.75, 3.05) is 0 Å². The summed E-state index contributed by atoms with van der Waals surface area (Å²) < 4.78 is 11.0. The summed E-state index contributed by atoms with van der Waals surface area (Å²) in [6.45, 7) is 0. The Morgan fingerprint density at radius 2 is 1.75 bits per heavy atom. The van der Waals surface area contributed by atoms with E-state index in [2.05, 4.69) is 12.1 Å². The van der Waals surface area contributed by atoms with Crippen LogP contribution in [0, 0.1) is 0 Å². The van der Waals surface area contributed by atoms with E-state index in [-0.39, 0.29) is 5.25 Å². The molecule has 1 aromatic carbocycles. The van der Waals surface area contributed by atoms with Crippen molar-refractivity contribution in [1.82, 2.24) is 0 Å². The first-order valence-electron chi connectivity index (χ1n) is 3.99. The Morgan fingerprint density at radius 1 is 1.25 bits per heavy atom. The molecular formula is C9H11NOS. The maximum absolute atomic E-state index is 11.0. The molecule has 1 aliphatic rings. The largest absolute Gasteiger partial charge is 0.598 e. The molecule has 0 radical (unpaired) electrons. The lowest BCUT2D eigenvalue weighted by atomic mass is 10.1. The van der Waals surface area contributed by atoms with Gasteiger partial charge in [-0.25, -0.2) is 0 Å². The monoisotopic (exact) mass is 181 g/mol. The van der Waals surface area contributed by atoms with Crippen LogP contribution in [-0.2, 0) is 24.2 Å². The summed E-state index contributed by atoms with van der Waals surface area (Å²) in [6.07, 6.45) is 1.75. The summed E-state index contributed by atoms with van der Waals surface area (Å²) in [4.78, 5) is 0. The van der Waals surface area contributed by atoms with Gasteiger partial charge < -0.3 is 4.55 Å². The summed E-state index contributed by atoms with van der Waals surface area (Å²) in [7, 11) is 0. The number of fused-ring (bicyclic) bond motifs is 1. The van der Waals surface area contributed by atoms with Gasteiger partial charge in [0.1, 0.15) is 5.25 Å². The molecule has 0 fully saturated rings. The van der Waals surface area contributed by atoms with Gasteiger partial charge in [-0.15, -0.1) is 0 Å². The van der Waals surface area contributed by atoms with E-state index in [4.69, 9.17) is 5.14 Å². The second-order valence-electron chi connectivity index (χ2n) is 3.13. The fourth-order valence-electron chi connectivity index (χ4n) is 1.68. The highest BCUT2D eigenvalue weighted by Crippen LogP contribution is 2.24. The molecule has 1 atom stereocenters. The van der Waals surface area contributed by atoms with Crippen LogP contribution in [0.4, 0.5) is 0 Å². The Hall–Kier alpha value is -0.510. The first kappa shape index (κ1) is 8.10. The topological polar surface area (TPSA) is 49.1 Å². The molecule has 3 heteroatoms. The third kappa shape index (κ3) is 1.35. The normalized spacial score (nSPS) is 19.2. The van der Waals surface area contributed by atoms with Gasteiger partial charge in [0.05, 0.1) is 0 Å². The van der Waals surface area contributed by atoms with Crippen molar-refractivity contribution in [2.24, 2.45) is 5.14 Å². The number of hydrogen-bond acceptors (Lipinski definition) is 2. The fraction of sp³-hybridized carbons (Fsp3) is 0.333. The number of hydrogen-bond donors (Lipinski definition) is 1. The zero-order valence-corrected chi connectivity index (χ0v) is 7.51. The number of nitrogens with two attached hydrogens (primary N) is 1. The molecule has 2 nitrogen and oxygen atoms in total. The van der Waals surface area contributed by atoms with E-state index in [9.17, 15) is 4.55 Å². The average molecular weight is 181 g/mol. The molecule has 0 bridgehead atoms. The van der Waals surface area contributed by atoms with Gasteiger partial charge in [0, 0.05) is 24.2 Å². The van der Waals surface area contributed by atoms with Crippen LogP contribution in [0.25, 0.3) is 0 Å². The van der Waals surface area contributed by atoms with Gasteiger partial charge in [0.2, 0.25) is 0 Å². The number of benzene rings is 1. The summed E-state index contributed by atoms with van der Waals surface area (Å²) in [6, 6.07) is 8.20. The van der Waals surface area contributed by atoms with E-state index >= 15 is 0 Å². The van der Waals surface area contributed by atoms with Crippen LogP contribution in [0.15, 0.2) is 24.3 Å². The van der Waals surface area contributed by atoms with Crippen molar-refractivity contribution in [2.45, 2.75) is 18.1 Å². The minimum atomic E-state index is -1.17. The molecule has 0 spiro atoms. The van der Waals surface area contributed by atoms with Crippen molar-refractivity contribution < 1.29 is 4.55 Å². The molecular weight excluding hydrogens is 170 g/mol. The molecule has 0 aliphatic heterocycles. The smallest absolute Gasteiger partial charge is 0.143 e. The highest BCUT2D eigenvalue weighted by molar-refractivity contribution is 7.89. The highest BCUT2D eigenvalue weighted by atomic mass is 32.2. The number of rotatable bonds is 1. The lowest BCUT2D eigenvalue weighted by Crippen LogP contribution is -2.28. The summed E-state index contributed by atoms with van der Waals surface area (Å²) in [5.74, 6) is 0. The SMILES string of the molecule is N[S+]([O-])C1Cc2ccccc2C1. The maximum Gasteiger partial charge on any atom is 0.143 e. The third-order valence-electron chi connectivity index (χ3n) is 2.34. The van der Waals surface area contributed by atoms with Crippen LogP contribution >= 0.6 is 0 Å². The van der Waals surface area contributed by atoms with E-state index in [1.54, 1.807) is 0 Å². The Morgan fingerprint density at radius 3 is 2.17 bits per heavy atom. The van der Waals surface area contributed by atoms with Crippen LogP contribution in [-0.4, -0.2) is 9.80 Å². The van der Waals surface area contributed by atoms with Gasteiger partial charge in [-0.2, -0.15) is 5.14 Å². The van der Waals surface area contributed by atoms with E-state index in [0.29, 0.717) is 0 Å². The molecule has 2 N–H and O–H groups in total. The maximum atomic E-state index is 11.0. The van der Waals surface area contributed by atoms with Crippen molar-refractivity contribution >= 4 is 11.4 Å². The van der Waals surface area contributed by atoms with E-state index in [1.165, 1.54) is 11.1 Å². The van der Waals surface area contributed by atoms with Crippen molar-refractivity contribution in [1.29, 1.82) is 0 Å². The second kappa shape index (κ2) is 3.09. The molecule has 1 unspecified atom stereocenters. The molecule has 12 heavy (non-hydrogen) atoms. The molecule has 1 aromatic rings. The van der Waals surface area contributed by atoms with Gasteiger partial charge in [0.25, 0.3) is 0 Å². The Kier molecular flexibility index (Phi) is 2.09. The minimum Gasteiger partial charge on any atom is -0.598 e. The molecule has 0 amide bonds. The highest BCUT2D eigenvalue weighted by Gasteiger charge is 2.28. The minimum absolute atomic E-state index is 0.141. The molecule has 0 saturated carbocycles. The standard InChI is InChI=1S/C9H11NOS/c10-12(11)9-5-7-3-1-2-4-8(7)6-9/h1-4,9H,5-6,10H2. The molecule has 1 aliphatic carbocycles. The van der Waals surface area contributed by atoms with Crippen LogP contribution in [0.3, 0.4) is 0 Å². The lowest BCUT2D eigenvalue weighted by molar-refractivity contribution is 0.582. The quantitative estimate of drug-likeness (QED) is 0.651. The zero-order valence-electron chi connectivity index (χ0n) is 6.69. The van der Waals surface area contributed by atoms with Crippen LogP contribution in [0.1, 0.15) is 11.1 Å². The van der Waals surface area contributed by atoms with Crippen LogP contribution in [0.2, 0.25) is 0 Å². The summed E-state index contributed by atoms with van der Waals surface area (Å²) in [5, 5.41) is 5.49. The van der Waals surface area contributed by atoms with Crippen molar-refractivity contribution in [3.8, 4) is 0 Å². The first-order valence-corrected chi connectivity index (χ1v) is 5.27. The molecule has 0 heterocycles. The van der Waals surface area contributed by atoms with Crippen molar-refractivity contribution in [3.63, 3.8) is 0 Å². The van der Waals surface area contributed by atoms with Gasteiger partial charge in [-0.1, -0.05) is 24.3 Å². The molecule has 0 saturated heterocycles. The summed E-state index contributed by atoms with van der Waals surface area (Å²) in [5.41, 5.74) is 2.61. The van der Waals surface area contributed by atoms with E-state index in [0.717, 1.165) is 12.8 Å². The predicted molar refractivity (Wildman–Crippen MR) is 50.0 cm³/mol. The molecule has 0 aromatic heterocycles. The summed E-state index contributed by atoms with van der Waals surface area (Å²) >= 11 is -1.17. The first-order chi connectivity index (χ1) is 5.77. The Labute approximate surface area is 75.1 Å². The van der Waals surface area contributed by atoms with Gasteiger partial charge >= 0.3 is 0 Å². The molecule has 64 valence electrons. The van der Waals surface area contributed by atoms with Gasteiger partial charge in [0.15, 0.2) is 0 Å². The molecule has 2 rings (SSSR count). The Bertz CT molecular complexity index is 263. The third-order valence-corrected chi connectivity index (χ3v) is 3.33. The lowest BCUT2D eigenvalue weighted by Gasteiger charge is -2.09. The van der Waals surface area contributed by atoms with Gasteiger partial charge in [-0.3, -0.25) is 0 Å².